The number of para-hydroxylation sites is 1. The van der Waals surface area contributed by atoms with Crippen molar-refractivity contribution in [2.75, 3.05) is 11.9 Å². The highest BCUT2D eigenvalue weighted by molar-refractivity contribution is 5.83. The Kier molecular flexibility index (Phi) is 4.83. The van der Waals surface area contributed by atoms with Crippen LogP contribution in [-0.4, -0.2) is 32.5 Å². The molecule has 1 atom stereocenters. The molecule has 0 aliphatic heterocycles. The first-order valence-corrected chi connectivity index (χ1v) is 9.97. The molecular weight excluding hydrogens is 372 g/mol. The Hall–Kier alpha value is -3.77. The second-order valence-electron chi connectivity index (χ2n) is 7.43. The van der Waals surface area contributed by atoms with E-state index >= 15 is 0 Å². The minimum atomic E-state index is -0.0147. The average Bonchev–Trinajstić information content (AvgIpc) is 3.20. The second-order valence-corrected chi connectivity index (χ2v) is 7.43. The highest BCUT2D eigenvalue weighted by Crippen LogP contribution is 2.23. The molecular formula is C24H22N6. The van der Waals surface area contributed by atoms with Gasteiger partial charge in [-0.1, -0.05) is 18.2 Å². The predicted octanol–water partition coefficient (Wildman–Crippen LogP) is 4.16. The lowest BCUT2D eigenvalue weighted by Crippen LogP contribution is -2.31. The molecule has 0 unspecified atom stereocenters. The number of hydrogen-bond donors (Lipinski definition) is 3. The van der Waals surface area contributed by atoms with Gasteiger partial charge in [0.25, 0.3) is 0 Å². The molecule has 4 N–H and O–H groups in total. The van der Waals surface area contributed by atoms with Gasteiger partial charge in [0, 0.05) is 65.4 Å². The second kappa shape index (κ2) is 7.93. The van der Waals surface area contributed by atoms with Crippen LogP contribution >= 0.6 is 0 Å². The fourth-order valence-electron chi connectivity index (χ4n) is 3.71. The molecule has 0 amide bonds. The van der Waals surface area contributed by atoms with Crippen molar-refractivity contribution in [3.8, 4) is 11.3 Å². The average molecular weight is 394 g/mol. The van der Waals surface area contributed by atoms with E-state index in [0.29, 0.717) is 6.54 Å². The van der Waals surface area contributed by atoms with Crippen LogP contribution in [0.25, 0.3) is 33.1 Å². The quantitative estimate of drug-likeness (QED) is 0.402. The number of rotatable bonds is 6. The molecule has 0 aliphatic carbocycles. The molecule has 0 spiro atoms. The molecule has 0 saturated heterocycles. The van der Waals surface area contributed by atoms with Gasteiger partial charge in [-0.05, 0) is 42.3 Å². The first kappa shape index (κ1) is 18.3. The maximum atomic E-state index is 6.40. The van der Waals surface area contributed by atoms with Crippen LogP contribution in [0.3, 0.4) is 0 Å². The van der Waals surface area contributed by atoms with E-state index in [1.54, 1.807) is 6.20 Å². The van der Waals surface area contributed by atoms with E-state index in [0.717, 1.165) is 39.8 Å². The molecule has 6 heteroatoms. The van der Waals surface area contributed by atoms with E-state index in [1.807, 2.05) is 49.1 Å². The summed E-state index contributed by atoms with van der Waals surface area (Å²) in [6.07, 6.45) is 10.1. The summed E-state index contributed by atoms with van der Waals surface area (Å²) in [5, 5.41) is 5.67. The third-order valence-electron chi connectivity index (χ3n) is 5.25. The first-order chi connectivity index (χ1) is 14.8. The molecule has 0 aliphatic rings. The number of H-pyrrole nitrogens is 1. The molecule has 5 aromatic rings. The molecule has 0 radical (unpaired) electrons. The van der Waals surface area contributed by atoms with Crippen LogP contribution in [0, 0.1) is 0 Å². The number of nitrogens with one attached hydrogen (secondary N) is 2. The Bertz CT molecular complexity index is 1310. The fourth-order valence-corrected chi connectivity index (χ4v) is 3.71. The van der Waals surface area contributed by atoms with E-state index in [9.17, 15) is 0 Å². The van der Waals surface area contributed by atoms with Crippen LogP contribution in [-0.2, 0) is 6.42 Å². The van der Waals surface area contributed by atoms with Gasteiger partial charge >= 0.3 is 0 Å². The molecule has 5 rings (SSSR count). The van der Waals surface area contributed by atoms with Crippen molar-refractivity contribution in [3.63, 3.8) is 0 Å². The molecule has 1 aromatic carbocycles. The zero-order valence-corrected chi connectivity index (χ0v) is 16.4. The van der Waals surface area contributed by atoms with Crippen molar-refractivity contribution in [3.05, 3.63) is 85.1 Å². The van der Waals surface area contributed by atoms with Crippen LogP contribution in [0.15, 0.2) is 79.5 Å². The Labute approximate surface area is 174 Å². The van der Waals surface area contributed by atoms with Gasteiger partial charge < -0.3 is 16.0 Å². The van der Waals surface area contributed by atoms with Crippen molar-refractivity contribution in [2.24, 2.45) is 5.73 Å². The van der Waals surface area contributed by atoms with E-state index < -0.39 is 0 Å². The van der Waals surface area contributed by atoms with Crippen molar-refractivity contribution >= 4 is 27.5 Å². The van der Waals surface area contributed by atoms with Crippen LogP contribution in [0.2, 0.25) is 0 Å². The number of aromatic nitrogens is 4. The van der Waals surface area contributed by atoms with Gasteiger partial charge in [-0.3, -0.25) is 9.97 Å². The normalized spacial score (nSPS) is 12.3. The number of hydrogen-bond acceptors (Lipinski definition) is 5. The van der Waals surface area contributed by atoms with Gasteiger partial charge in [0.2, 0.25) is 0 Å². The number of anilines is 1. The molecule has 0 bridgehead atoms. The molecule has 148 valence electrons. The zero-order valence-electron chi connectivity index (χ0n) is 16.4. The van der Waals surface area contributed by atoms with Crippen molar-refractivity contribution in [2.45, 2.75) is 12.5 Å². The summed E-state index contributed by atoms with van der Waals surface area (Å²) >= 11 is 0. The highest BCUT2D eigenvalue weighted by Gasteiger charge is 2.09. The number of pyridine rings is 3. The summed E-state index contributed by atoms with van der Waals surface area (Å²) in [5.41, 5.74) is 12.5. The van der Waals surface area contributed by atoms with E-state index in [1.165, 1.54) is 10.9 Å². The third kappa shape index (κ3) is 3.73. The smallest absolute Gasteiger partial charge is 0.0740 e. The molecule has 0 fully saturated rings. The largest absolute Gasteiger partial charge is 0.382 e. The van der Waals surface area contributed by atoms with E-state index in [4.69, 9.17) is 10.7 Å². The summed E-state index contributed by atoms with van der Waals surface area (Å²) in [4.78, 5) is 16.5. The fraction of sp³-hybridized carbons (Fsp3) is 0.125. The number of fused-ring (bicyclic) bond motifs is 2. The molecule has 4 aromatic heterocycles. The first-order valence-electron chi connectivity index (χ1n) is 9.97. The van der Waals surface area contributed by atoms with Crippen LogP contribution < -0.4 is 11.1 Å². The van der Waals surface area contributed by atoms with Gasteiger partial charge in [-0.25, -0.2) is 4.98 Å². The zero-order chi connectivity index (χ0) is 20.3. The van der Waals surface area contributed by atoms with E-state index in [2.05, 4.69) is 44.5 Å². The van der Waals surface area contributed by atoms with Crippen molar-refractivity contribution < 1.29 is 0 Å². The lowest BCUT2D eigenvalue weighted by Gasteiger charge is -2.14. The molecule has 30 heavy (non-hydrogen) atoms. The molecule has 0 saturated carbocycles. The van der Waals surface area contributed by atoms with Gasteiger partial charge in [0.15, 0.2) is 0 Å². The summed E-state index contributed by atoms with van der Waals surface area (Å²) < 4.78 is 0. The maximum Gasteiger partial charge on any atom is 0.0740 e. The Morgan fingerprint density at radius 2 is 1.93 bits per heavy atom. The summed E-state index contributed by atoms with van der Waals surface area (Å²) in [7, 11) is 0. The summed E-state index contributed by atoms with van der Waals surface area (Å²) in [5.74, 6) is 0. The Morgan fingerprint density at radius 1 is 1.00 bits per heavy atom. The van der Waals surface area contributed by atoms with Gasteiger partial charge in [-0.15, -0.1) is 0 Å². The Morgan fingerprint density at radius 3 is 2.90 bits per heavy atom. The van der Waals surface area contributed by atoms with Crippen LogP contribution in [0.4, 0.5) is 5.69 Å². The van der Waals surface area contributed by atoms with Gasteiger partial charge in [-0.2, -0.15) is 0 Å². The number of nitrogens with two attached hydrogens (primary N) is 1. The standard InChI is InChI=1S/C24H22N6/c25-19(9-17-13-29-24-4-2-1-3-21(17)24)14-28-20-10-18(12-27-15-20)22-6-5-16-11-26-8-7-23(16)30-22/h1-8,10-13,15,19,28-29H,9,14,25H2/t19-/m0/s1. The van der Waals surface area contributed by atoms with Crippen LogP contribution in [0.1, 0.15) is 5.56 Å². The number of aromatic amines is 1. The van der Waals surface area contributed by atoms with Crippen LogP contribution in [0.5, 0.6) is 0 Å². The van der Waals surface area contributed by atoms with E-state index in [-0.39, 0.29) is 6.04 Å². The number of nitrogens with zero attached hydrogens (tertiary/aromatic N) is 3. The lowest BCUT2D eigenvalue weighted by molar-refractivity contribution is 0.702. The lowest BCUT2D eigenvalue weighted by atomic mass is 10.1. The van der Waals surface area contributed by atoms with Gasteiger partial charge in [0.1, 0.15) is 0 Å². The van der Waals surface area contributed by atoms with Gasteiger partial charge in [0.05, 0.1) is 16.9 Å². The third-order valence-corrected chi connectivity index (χ3v) is 5.25. The Balaban J connectivity index is 1.28. The minimum absolute atomic E-state index is 0.0147. The maximum absolute atomic E-state index is 6.40. The minimum Gasteiger partial charge on any atom is -0.382 e. The summed E-state index contributed by atoms with van der Waals surface area (Å²) in [6.45, 7) is 0.654. The monoisotopic (exact) mass is 394 g/mol. The SMILES string of the molecule is N[C@H](CNc1cncc(-c2ccc3cnccc3n2)c1)Cc1c[nH]c2ccccc12. The molecule has 4 heterocycles. The summed E-state index contributed by atoms with van der Waals surface area (Å²) in [6, 6.07) is 16.3. The number of benzene rings is 1. The van der Waals surface area contributed by atoms with Crippen molar-refractivity contribution in [1.82, 2.24) is 19.9 Å². The highest BCUT2D eigenvalue weighted by atomic mass is 14.9. The predicted molar refractivity (Wildman–Crippen MR) is 121 cm³/mol. The van der Waals surface area contributed by atoms with Crippen molar-refractivity contribution in [1.29, 1.82) is 0 Å². The topological polar surface area (TPSA) is 92.5 Å². The molecule has 6 nitrogen and oxygen atoms in total.